The third-order valence-corrected chi connectivity index (χ3v) is 6.39. The Balaban J connectivity index is 1.88. The lowest BCUT2D eigenvalue weighted by atomic mass is 9.68. The van der Waals surface area contributed by atoms with E-state index in [1.165, 1.54) is 0 Å². The summed E-state index contributed by atoms with van der Waals surface area (Å²) < 4.78 is 11.1. The fourth-order valence-corrected chi connectivity index (χ4v) is 4.90. The van der Waals surface area contributed by atoms with Gasteiger partial charge in [0, 0.05) is 40.7 Å². The molecule has 2 aromatic rings. The number of pyridine rings is 1. The normalized spacial score (nSPS) is 19.4. The van der Waals surface area contributed by atoms with Gasteiger partial charge in [0.05, 0.1) is 20.1 Å². The van der Waals surface area contributed by atoms with Gasteiger partial charge < -0.3 is 20.1 Å². The number of Topliss-reactive ketones (excluding diaryl/α,β-unsaturated/α-hetero) is 1. The van der Waals surface area contributed by atoms with Gasteiger partial charge in [0.1, 0.15) is 17.3 Å². The van der Waals surface area contributed by atoms with Crippen molar-refractivity contribution in [3.05, 3.63) is 70.2 Å². The Kier molecular flexibility index (Phi) is 6.21. The molecular formula is C27H31N3O4. The molecule has 1 atom stereocenters. The largest absolute Gasteiger partial charge is 0.497 e. The Morgan fingerprint density at radius 3 is 2.56 bits per heavy atom. The fraction of sp³-hybridized carbons (Fsp3) is 0.370. The number of nitrogens with zero attached hydrogens (tertiary/aromatic N) is 1. The van der Waals surface area contributed by atoms with Crippen molar-refractivity contribution in [1.82, 2.24) is 10.3 Å². The summed E-state index contributed by atoms with van der Waals surface area (Å²) in [6.07, 6.45) is 2.77. The number of carbonyl (C=O) groups is 2. The van der Waals surface area contributed by atoms with E-state index in [2.05, 4.69) is 29.5 Å². The number of amides is 1. The summed E-state index contributed by atoms with van der Waals surface area (Å²) in [6, 6.07) is 9.13. The molecule has 2 aliphatic rings. The van der Waals surface area contributed by atoms with E-state index in [4.69, 9.17) is 9.47 Å². The van der Waals surface area contributed by atoms with Crippen LogP contribution in [0, 0.1) is 12.3 Å². The van der Waals surface area contributed by atoms with Crippen molar-refractivity contribution in [2.45, 2.75) is 46.5 Å². The Morgan fingerprint density at radius 1 is 1.12 bits per heavy atom. The number of allylic oxidation sites excluding steroid dienone is 3. The Bertz CT molecular complexity index is 1230. The molecule has 1 aliphatic carbocycles. The molecule has 2 heterocycles. The predicted molar refractivity (Wildman–Crippen MR) is 131 cm³/mol. The Hall–Kier alpha value is -3.61. The van der Waals surface area contributed by atoms with Gasteiger partial charge in [-0.3, -0.25) is 9.59 Å². The maximum atomic E-state index is 13.7. The van der Waals surface area contributed by atoms with E-state index in [-0.39, 0.29) is 17.1 Å². The first-order valence-electron chi connectivity index (χ1n) is 11.3. The number of anilines is 1. The monoisotopic (exact) mass is 461 g/mol. The molecule has 0 saturated carbocycles. The number of nitrogens with one attached hydrogen (secondary N) is 2. The van der Waals surface area contributed by atoms with Crippen LogP contribution in [0.15, 0.2) is 59.1 Å². The number of methoxy groups -OCH3 is 2. The molecule has 0 bridgehead atoms. The zero-order chi connectivity index (χ0) is 24.6. The standard InChI is InChI=1S/C27H31N3O4/c1-15-9-10-28-22(11-15)30-26(32)23-16(2)29-19-13-27(3,4)14-20(31)25(19)24(23)18-12-17(33-5)7-8-21(18)34-6/h7-12,24,29H,13-14H2,1-6H3,(H,28,30,32)/t24-/m1/s1. The van der Waals surface area contributed by atoms with Gasteiger partial charge in [0.25, 0.3) is 5.91 Å². The van der Waals surface area contributed by atoms with E-state index in [9.17, 15) is 9.59 Å². The number of hydrogen-bond acceptors (Lipinski definition) is 6. The number of aromatic nitrogens is 1. The average Bonchev–Trinajstić information content (AvgIpc) is 2.76. The molecule has 0 spiro atoms. The number of hydrogen-bond donors (Lipinski definition) is 2. The number of aryl methyl sites for hydroxylation is 1. The minimum Gasteiger partial charge on any atom is -0.497 e. The topological polar surface area (TPSA) is 89.6 Å². The minimum atomic E-state index is -0.602. The van der Waals surface area contributed by atoms with E-state index >= 15 is 0 Å². The first-order valence-corrected chi connectivity index (χ1v) is 11.3. The highest BCUT2D eigenvalue weighted by atomic mass is 16.5. The second-order valence-electron chi connectivity index (χ2n) is 9.71. The summed E-state index contributed by atoms with van der Waals surface area (Å²) in [7, 11) is 3.17. The molecule has 0 fully saturated rings. The second-order valence-corrected chi connectivity index (χ2v) is 9.71. The molecule has 0 saturated heterocycles. The van der Waals surface area contributed by atoms with Crippen LogP contribution in [0.3, 0.4) is 0 Å². The van der Waals surface area contributed by atoms with Crippen molar-refractivity contribution >= 4 is 17.5 Å². The van der Waals surface area contributed by atoms with Gasteiger partial charge in [-0.25, -0.2) is 4.98 Å². The molecule has 1 aromatic carbocycles. The van der Waals surface area contributed by atoms with Gasteiger partial charge in [-0.1, -0.05) is 13.8 Å². The number of benzene rings is 1. The summed E-state index contributed by atoms with van der Waals surface area (Å²) in [6.45, 7) is 7.98. The number of dihydropyridines is 1. The third-order valence-electron chi connectivity index (χ3n) is 6.39. The molecule has 0 radical (unpaired) electrons. The molecule has 1 aromatic heterocycles. The summed E-state index contributed by atoms with van der Waals surface area (Å²) >= 11 is 0. The van der Waals surface area contributed by atoms with E-state index in [1.807, 2.05) is 32.0 Å². The lowest BCUT2D eigenvalue weighted by Crippen LogP contribution is -2.39. The van der Waals surface area contributed by atoms with Crippen LogP contribution >= 0.6 is 0 Å². The van der Waals surface area contributed by atoms with Crippen molar-refractivity contribution in [3.63, 3.8) is 0 Å². The van der Waals surface area contributed by atoms with Crippen molar-refractivity contribution in [1.29, 1.82) is 0 Å². The molecule has 1 amide bonds. The molecule has 34 heavy (non-hydrogen) atoms. The molecule has 4 rings (SSSR count). The van der Waals surface area contributed by atoms with Crippen LogP contribution < -0.4 is 20.1 Å². The van der Waals surface area contributed by atoms with E-state index in [1.54, 1.807) is 32.5 Å². The first kappa shape index (κ1) is 23.5. The predicted octanol–water partition coefficient (Wildman–Crippen LogP) is 4.65. The molecule has 7 heteroatoms. The summed E-state index contributed by atoms with van der Waals surface area (Å²) in [5.41, 5.74) is 4.16. The maximum Gasteiger partial charge on any atom is 0.255 e. The van der Waals surface area contributed by atoms with Crippen molar-refractivity contribution in [3.8, 4) is 11.5 Å². The van der Waals surface area contributed by atoms with Gasteiger partial charge in [0.2, 0.25) is 0 Å². The van der Waals surface area contributed by atoms with Gasteiger partial charge >= 0.3 is 0 Å². The molecule has 178 valence electrons. The van der Waals surface area contributed by atoms with Crippen molar-refractivity contribution < 1.29 is 19.1 Å². The summed E-state index contributed by atoms with van der Waals surface area (Å²) in [4.78, 5) is 31.5. The van der Waals surface area contributed by atoms with Crippen molar-refractivity contribution in [2.24, 2.45) is 5.41 Å². The van der Waals surface area contributed by atoms with Crippen LogP contribution in [0.5, 0.6) is 11.5 Å². The van der Waals surface area contributed by atoms with Gasteiger partial charge in [-0.2, -0.15) is 0 Å². The van der Waals surface area contributed by atoms with Crippen LogP contribution in [0.1, 0.15) is 50.7 Å². The van der Waals surface area contributed by atoms with Crippen LogP contribution in [-0.2, 0) is 9.59 Å². The van der Waals surface area contributed by atoms with Crippen LogP contribution in [0.4, 0.5) is 5.82 Å². The SMILES string of the molecule is COc1ccc(OC)c([C@@H]2C(C(=O)Nc3cc(C)ccn3)=C(C)NC3=C2C(=O)CC(C)(C)C3)c1. The van der Waals surface area contributed by atoms with Gasteiger partial charge in [-0.05, 0) is 61.6 Å². The van der Waals surface area contributed by atoms with Crippen molar-refractivity contribution in [2.75, 3.05) is 19.5 Å². The average molecular weight is 462 g/mol. The quantitative estimate of drug-likeness (QED) is 0.674. The molecule has 0 unspecified atom stereocenters. The highest BCUT2D eigenvalue weighted by molar-refractivity contribution is 6.09. The third kappa shape index (κ3) is 4.42. The Morgan fingerprint density at radius 2 is 1.88 bits per heavy atom. The van der Waals surface area contributed by atoms with Gasteiger partial charge in [0.15, 0.2) is 5.78 Å². The number of ketones is 1. The molecular weight excluding hydrogens is 430 g/mol. The maximum absolute atomic E-state index is 13.7. The lowest BCUT2D eigenvalue weighted by molar-refractivity contribution is -0.118. The van der Waals surface area contributed by atoms with Crippen LogP contribution in [0.2, 0.25) is 0 Å². The highest BCUT2D eigenvalue weighted by Crippen LogP contribution is 2.49. The zero-order valence-corrected chi connectivity index (χ0v) is 20.5. The number of carbonyl (C=O) groups excluding carboxylic acids is 2. The van der Waals surface area contributed by atoms with Gasteiger partial charge in [-0.15, -0.1) is 0 Å². The molecule has 7 nitrogen and oxygen atoms in total. The fourth-order valence-electron chi connectivity index (χ4n) is 4.90. The summed E-state index contributed by atoms with van der Waals surface area (Å²) in [5, 5.41) is 6.30. The summed E-state index contributed by atoms with van der Waals surface area (Å²) in [5.74, 6) is 0.774. The zero-order valence-electron chi connectivity index (χ0n) is 20.5. The smallest absolute Gasteiger partial charge is 0.255 e. The lowest BCUT2D eigenvalue weighted by Gasteiger charge is -2.40. The number of rotatable bonds is 5. The Labute approximate surface area is 200 Å². The second kappa shape index (κ2) is 8.97. The van der Waals surface area contributed by atoms with Crippen LogP contribution in [0.25, 0.3) is 0 Å². The minimum absolute atomic E-state index is 0.0279. The van der Waals surface area contributed by atoms with E-state index in [0.717, 1.165) is 11.3 Å². The van der Waals surface area contributed by atoms with E-state index < -0.39 is 5.92 Å². The molecule has 2 N–H and O–H groups in total. The van der Waals surface area contributed by atoms with E-state index in [0.29, 0.717) is 52.6 Å². The highest BCUT2D eigenvalue weighted by Gasteiger charge is 2.43. The number of ether oxygens (including phenoxy) is 2. The molecule has 1 aliphatic heterocycles. The van der Waals surface area contributed by atoms with Crippen LogP contribution in [-0.4, -0.2) is 30.9 Å². The first-order chi connectivity index (χ1) is 16.1.